The average molecular weight is 346 g/mol. The van der Waals surface area contributed by atoms with Gasteiger partial charge >= 0.3 is 0 Å². The standard InChI is InChI=1S/C16H22N6O3/c1-10-14(20-25-19-10)8-21(2)15-5-13(11-3-4-24-9-11)17-16(18-15)22-6-12(23)7-22/h5,11-12,23H,3-4,6-9H2,1-2H3. The zero-order chi connectivity index (χ0) is 17.4. The smallest absolute Gasteiger partial charge is 0.227 e. The topological polar surface area (TPSA) is 101 Å². The first-order valence-electron chi connectivity index (χ1n) is 8.49. The summed E-state index contributed by atoms with van der Waals surface area (Å²) in [4.78, 5) is 13.4. The van der Waals surface area contributed by atoms with Crippen LogP contribution < -0.4 is 9.80 Å². The third-order valence-electron chi connectivity index (χ3n) is 4.74. The largest absolute Gasteiger partial charge is 0.389 e. The van der Waals surface area contributed by atoms with Gasteiger partial charge in [0.2, 0.25) is 5.95 Å². The second-order valence-electron chi connectivity index (χ2n) is 6.72. The number of anilines is 2. The number of rotatable bonds is 5. The SMILES string of the molecule is Cc1nonc1CN(C)c1cc(C2CCOC2)nc(N2CC(O)C2)n1. The summed E-state index contributed by atoms with van der Waals surface area (Å²) >= 11 is 0. The molecule has 1 atom stereocenters. The average Bonchev–Trinajstić information content (AvgIpc) is 3.24. The molecular weight excluding hydrogens is 324 g/mol. The van der Waals surface area contributed by atoms with Crippen LogP contribution in [0.15, 0.2) is 10.7 Å². The molecule has 0 radical (unpaired) electrons. The number of hydrogen-bond acceptors (Lipinski definition) is 9. The number of ether oxygens (including phenoxy) is 1. The Labute approximate surface area is 145 Å². The lowest BCUT2D eigenvalue weighted by atomic mass is 10.0. The van der Waals surface area contributed by atoms with Crippen LogP contribution in [0.2, 0.25) is 0 Å². The van der Waals surface area contributed by atoms with Gasteiger partial charge in [0.1, 0.15) is 17.2 Å². The summed E-state index contributed by atoms with van der Waals surface area (Å²) in [6, 6.07) is 2.02. The molecule has 1 N–H and O–H groups in total. The molecule has 0 aromatic carbocycles. The molecule has 9 nitrogen and oxygen atoms in total. The molecule has 2 aliphatic rings. The van der Waals surface area contributed by atoms with E-state index in [1.807, 2.05) is 29.8 Å². The molecule has 0 spiro atoms. The molecule has 2 fully saturated rings. The van der Waals surface area contributed by atoms with Gasteiger partial charge < -0.3 is 19.6 Å². The molecule has 0 bridgehead atoms. The van der Waals surface area contributed by atoms with Crippen molar-refractivity contribution >= 4 is 11.8 Å². The maximum Gasteiger partial charge on any atom is 0.227 e. The minimum Gasteiger partial charge on any atom is -0.389 e. The normalized spacial score (nSPS) is 20.8. The van der Waals surface area contributed by atoms with Gasteiger partial charge in [-0.15, -0.1) is 0 Å². The van der Waals surface area contributed by atoms with E-state index in [9.17, 15) is 5.11 Å². The lowest BCUT2D eigenvalue weighted by molar-refractivity contribution is 0.140. The molecule has 0 saturated carbocycles. The molecule has 2 saturated heterocycles. The summed E-state index contributed by atoms with van der Waals surface area (Å²) in [6.07, 6.45) is 0.668. The van der Waals surface area contributed by atoms with Crippen molar-refractivity contribution in [2.45, 2.75) is 31.9 Å². The van der Waals surface area contributed by atoms with Crippen LogP contribution in [0.25, 0.3) is 0 Å². The first kappa shape index (κ1) is 16.2. The lowest BCUT2D eigenvalue weighted by Crippen LogP contribution is -2.51. The molecule has 4 rings (SSSR count). The molecule has 4 heterocycles. The first-order valence-corrected chi connectivity index (χ1v) is 8.49. The zero-order valence-electron chi connectivity index (χ0n) is 14.4. The van der Waals surface area contributed by atoms with Gasteiger partial charge in [-0.05, 0) is 13.3 Å². The first-order chi connectivity index (χ1) is 12.1. The Morgan fingerprint density at radius 3 is 2.80 bits per heavy atom. The third kappa shape index (κ3) is 3.29. The molecular formula is C16H22N6O3. The number of aliphatic hydroxyl groups is 1. The Balaban J connectivity index is 1.61. The van der Waals surface area contributed by atoms with Crippen LogP contribution in [0.3, 0.4) is 0 Å². The summed E-state index contributed by atoms with van der Waals surface area (Å²) in [5.74, 6) is 1.76. The monoisotopic (exact) mass is 346 g/mol. The fourth-order valence-electron chi connectivity index (χ4n) is 3.07. The van der Waals surface area contributed by atoms with E-state index in [-0.39, 0.29) is 12.0 Å². The van der Waals surface area contributed by atoms with Crippen LogP contribution >= 0.6 is 0 Å². The van der Waals surface area contributed by atoms with Crippen molar-refractivity contribution in [1.29, 1.82) is 0 Å². The van der Waals surface area contributed by atoms with E-state index >= 15 is 0 Å². The van der Waals surface area contributed by atoms with E-state index in [0.29, 0.717) is 32.2 Å². The van der Waals surface area contributed by atoms with Gasteiger partial charge in [-0.2, -0.15) is 4.98 Å². The molecule has 0 aliphatic carbocycles. The number of aromatic nitrogens is 4. The Morgan fingerprint density at radius 2 is 2.16 bits per heavy atom. The molecule has 0 amide bonds. The van der Waals surface area contributed by atoms with Crippen molar-refractivity contribution in [2.75, 3.05) is 43.2 Å². The van der Waals surface area contributed by atoms with Gasteiger partial charge in [-0.25, -0.2) is 9.61 Å². The van der Waals surface area contributed by atoms with E-state index in [2.05, 4.69) is 15.3 Å². The number of hydrogen-bond donors (Lipinski definition) is 1. The van der Waals surface area contributed by atoms with Gasteiger partial charge in [0.15, 0.2) is 0 Å². The zero-order valence-corrected chi connectivity index (χ0v) is 14.4. The van der Waals surface area contributed by atoms with E-state index in [4.69, 9.17) is 14.3 Å². The molecule has 134 valence electrons. The number of aryl methyl sites for hydroxylation is 1. The van der Waals surface area contributed by atoms with Gasteiger partial charge in [0, 0.05) is 38.7 Å². The summed E-state index contributed by atoms with van der Waals surface area (Å²) in [5, 5.41) is 17.4. The van der Waals surface area contributed by atoms with Crippen LogP contribution in [0, 0.1) is 6.92 Å². The Hall–Kier alpha value is -2.26. The Bertz CT molecular complexity index is 739. The minimum atomic E-state index is -0.299. The second kappa shape index (κ2) is 6.57. The highest BCUT2D eigenvalue weighted by atomic mass is 16.6. The molecule has 9 heteroatoms. The predicted molar refractivity (Wildman–Crippen MR) is 89.6 cm³/mol. The van der Waals surface area contributed by atoms with Crippen LogP contribution in [0.1, 0.15) is 29.4 Å². The van der Waals surface area contributed by atoms with E-state index < -0.39 is 0 Å². The predicted octanol–water partition coefficient (Wildman–Crippen LogP) is 0.489. The van der Waals surface area contributed by atoms with Gasteiger partial charge in [-0.1, -0.05) is 10.3 Å². The van der Waals surface area contributed by atoms with Crippen molar-refractivity contribution < 1.29 is 14.5 Å². The maximum absolute atomic E-state index is 9.59. The number of β-amino-alcohol motifs (C(OH)–C–C–N with tert-alkyl or cyclic N) is 1. The molecule has 1 unspecified atom stereocenters. The van der Waals surface area contributed by atoms with Gasteiger partial charge in [0.25, 0.3) is 0 Å². The molecule has 2 aromatic heterocycles. The van der Waals surface area contributed by atoms with Gasteiger partial charge in [-0.3, -0.25) is 0 Å². The highest BCUT2D eigenvalue weighted by Crippen LogP contribution is 2.29. The third-order valence-corrected chi connectivity index (χ3v) is 4.74. The maximum atomic E-state index is 9.59. The van der Waals surface area contributed by atoms with Crippen LogP contribution in [-0.2, 0) is 11.3 Å². The van der Waals surface area contributed by atoms with E-state index in [1.54, 1.807) is 0 Å². The van der Waals surface area contributed by atoms with Crippen molar-refractivity contribution in [3.63, 3.8) is 0 Å². The fraction of sp³-hybridized carbons (Fsp3) is 0.625. The van der Waals surface area contributed by atoms with E-state index in [0.717, 1.165) is 35.9 Å². The summed E-state index contributed by atoms with van der Waals surface area (Å²) in [6.45, 7) is 5.01. The van der Waals surface area contributed by atoms with E-state index in [1.165, 1.54) is 0 Å². The minimum absolute atomic E-state index is 0.288. The van der Waals surface area contributed by atoms with Crippen LogP contribution in [-0.4, -0.2) is 64.8 Å². The number of nitrogens with zero attached hydrogens (tertiary/aromatic N) is 6. The molecule has 2 aromatic rings. The summed E-state index contributed by atoms with van der Waals surface area (Å²) < 4.78 is 10.3. The molecule has 25 heavy (non-hydrogen) atoms. The van der Waals surface area contributed by atoms with Crippen LogP contribution in [0.4, 0.5) is 11.8 Å². The summed E-state index contributed by atoms with van der Waals surface area (Å²) in [7, 11) is 1.96. The summed E-state index contributed by atoms with van der Waals surface area (Å²) in [5.41, 5.74) is 2.55. The van der Waals surface area contributed by atoms with Crippen molar-refractivity contribution in [3.05, 3.63) is 23.1 Å². The highest BCUT2D eigenvalue weighted by molar-refractivity contribution is 5.48. The van der Waals surface area contributed by atoms with Gasteiger partial charge in [0.05, 0.1) is 24.9 Å². The quantitative estimate of drug-likeness (QED) is 0.828. The van der Waals surface area contributed by atoms with Crippen LogP contribution in [0.5, 0.6) is 0 Å². The number of aliphatic hydroxyl groups excluding tert-OH is 1. The van der Waals surface area contributed by atoms with Crippen molar-refractivity contribution in [3.8, 4) is 0 Å². The lowest BCUT2D eigenvalue weighted by Gasteiger charge is -2.36. The fourth-order valence-corrected chi connectivity index (χ4v) is 3.07. The highest BCUT2D eigenvalue weighted by Gasteiger charge is 2.29. The Morgan fingerprint density at radius 1 is 1.32 bits per heavy atom. The Kier molecular flexibility index (Phi) is 4.26. The molecule has 2 aliphatic heterocycles. The van der Waals surface area contributed by atoms with Crippen molar-refractivity contribution in [2.24, 2.45) is 0 Å². The van der Waals surface area contributed by atoms with Crippen molar-refractivity contribution in [1.82, 2.24) is 20.3 Å². The second-order valence-corrected chi connectivity index (χ2v) is 6.72.